The van der Waals surface area contributed by atoms with Crippen LogP contribution in [-0.4, -0.2) is 15.0 Å². The fourth-order valence-electron chi connectivity index (χ4n) is 6.76. The summed E-state index contributed by atoms with van der Waals surface area (Å²) in [5.41, 5.74) is 7.62. The topological polar surface area (TPSA) is 38.7 Å². The largest absolute Gasteiger partial charge is 0.208 e. The Labute approximate surface area is 278 Å². The van der Waals surface area contributed by atoms with E-state index in [2.05, 4.69) is 152 Å². The molecule has 0 N–H and O–H groups in total. The molecule has 0 aliphatic heterocycles. The molecular formula is C45H29N3. The Morgan fingerprint density at radius 1 is 0.271 bits per heavy atom. The van der Waals surface area contributed by atoms with Gasteiger partial charge in [0.15, 0.2) is 17.5 Å². The zero-order chi connectivity index (χ0) is 31.9. The van der Waals surface area contributed by atoms with Gasteiger partial charge in [0.05, 0.1) is 0 Å². The van der Waals surface area contributed by atoms with Gasteiger partial charge in [-0.15, -0.1) is 0 Å². The molecule has 0 radical (unpaired) electrons. The number of benzene rings is 8. The highest BCUT2D eigenvalue weighted by Gasteiger charge is 2.17. The zero-order valence-corrected chi connectivity index (χ0v) is 26.1. The molecule has 0 bridgehead atoms. The first-order chi connectivity index (χ1) is 23.8. The number of rotatable bonds is 5. The molecule has 9 aromatic rings. The minimum Gasteiger partial charge on any atom is -0.208 e. The average Bonchev–Trinajstić information content (AvgIpc) is 3.17. The van der Waals surface area contributed by atoms with Crippen molar-refractivity contribution in [2.75, 3.05) is 0 Å². The van der Waals surface area contributed by atoms with Gasteiger partial charge in [0.1, 0.15) is 0 Å². The van der Waals surface area contributed by atoms with Crippen molar-refractivity contribution in [2.45, 2.75) is 0 Å². The van der Waals surface area contributed by atoms with Crippen LogP contribution in [0.2, 0.25) is 0 Å². The van der Waals surface area contributed by atoms with E-state index in [9.17, 15) is 0 Å². The van der Waals surface area contributed by atoms with E-state index in [1.165, 1.54) is 27.3 Å². The lowest BCUT2D eigenvalue weighted by Crippen LogP contribution is -2.01. The highest BCUT2D eigenvalue weighted by Crippen LogP contribution is 2.37. The van der Waals surface area contributed by atoms with Crippen molar-refractivity contribution in [2.24, 2.45) is 0 Å². The van der Waals surface area contributed by atoms with E-state index >= 15 is 0 Å². The molecule has 0 aliphatic carbocycles. The van der Waals surface area contributed by atoms with Gasteiger partial charge in [-0.05, 0) is 61.3 Å². The van der Waals surface area contributed by atoms with Crippen LogP contribution in [-0.2, 0) is 0 Å². The maximum Gasteiger partial charge on any atom is 0.164 e. The van der Waals surface area contributed by atoms with Gasteiger partial charge in [-0.2, -0.15) is 0 Å². The summed E-state index contributed by atoms with van der Waals surface area (Å²) in [7, 11) is 0. The Balaban J connectivity index is 1.21. The molecule has 3 nitrogen and oxygen atoms in total. The Morgan fingerprint density at radius 3 is 1.54 bits per heavy atom. The van der Waals surface area contributed by atoms with Crippen LogP contribution in [0.15, 0.2) is 176 Å². The molecule has 3 heteroatoms. The standard InChI is InChI=1S/C45H29N3/c1-3-12-31(13-4-1)40-22-10-18-32-19-11-23-41(42(32)40)45-47-43(33-15-5-2-6-16-33)46-44(48-45)37-27-25-34-28-36(26-24-35(34)29-37)39-21-9-17-30-14-7-8-20-38(30)39/h1-29H. The summed E-state index contributed by atoms with van der Waals surface area (Å²) in [4.78, 5) is 15.3. The number of hydrogen-bond acceptors (Lipinski definition) is 3. The smallest absolute Gasteiger partial charge is 0.164 e. The van der Waals surface area contributed by atoms with Crippen LogP contribution >= 0.6 is 0 Å². The molecule has 8 aromatic carbocycles. The van der Waals surface area contributed by atoms with Crippen LogP contribution in [0, 0.1) is 0 Å². The molecule has 0 amide bonds. The number of fused-ring (bicyclic) bond motifs is 3. The monoisotopic (exact) mass is 611 g/mol. The minimum absolute atomic E-state index is 0.646. The van der Waals surface area contributed by atoms with Gasteiger partial charge in [0.25, 0.3) is 0 Å². The first-order valence-corrected chi connectivity index (χ1v) is 16.2. The summed E-state index contributed by atoms with van der Waals surface area (Å²) in [6.07, 6.45) is 0. The van der Waals surface area contributed by atoms with Crippen molar-refractivity contribution < 1.29 is 0 Å². The molecule has 0 spiro atoms. The summed E-state index contributed by atoms with van der Waals surface area (Å²) in [5.74, 6) is 1.95. The second kappa shape index (κ2) is 11.7. The van der Waals surface area contributed by atoms with Crippen LogP contribution in [0.4, 0.5) is 0 Å². The van der Waals surface area contributed by atoms with Crippen molar-refractivity contribution in [3.8, 4) is 56.4 Å². The molecule has 48 heavy (non-hydrogen) atoms. The summed E-state index contributed by atoms with van der Waals surface area (Å²) in [6.45, 7) is 0. The maximum absolute atomic E-state index is 5.17. The van der Waals surface area contributed by atoms with Gasteiger partial charge in [0, 0.05) is 22.1 Å². The van der Waals surface area contributed by atoms with E-state index in [0.717, 1.165) is 44.0 Å². The fraction of sp³-hybridized carbons (Fsp3) is 0. The molecule has 0 atom stereocenters. The molecule has 0 fully saturated rings. The van der Waals surface area contributed by atoms with Crippen molar-refractivity contribution in [1.82, 2.24) is 15.0 Å². The predicted octanol–water partition coefficient (Wildman–Crippen LogP) is 11.7. The van der Waals surface area contributed by atoms with Crippen LogP contribution in [0.1, 0.15) is 0 Å². The highest BCUT2D eigenvalue weighted by molar-refractivity contribution is 6.06. The first-order valence-electron chi connectivity index (χ1n) is 16.2. The SMILES string of the molecule is c1ccc(-c2nc(-c3ccc4cc(-c5cccc6ccccc56)ccc4c3)nc(-c3cccc4cccc(-c5ccccc5)c34)n2)cc1. The molecule has 0 unspecified atom stereocenters. The minimum atomic E-state index is 0.646. The van der Waals surface area contributed by atoms with Crippen LogP contribution in [0.25, 0.3) is 88.7 Å². The number of aromatic nitrogens is 3. The van der Waals surface area contributed by atoms with Gasteiger partial charge in [-0.25, -0.2) is 15.0 Å². The van der Waals surface area contributed by atoms with E-state index in [1.807, 2.05) is 24.3 Å². The lowest BCUT2D eigenvalue weighted by Gasteiger charge is -2.14. The van der Waals surface area contributed by atoms with E-state index in [-0.39, 0.29) is 0 Å². The van der Waals surface area contributed by atoms with Crippen molar-refractivity contribution in [1.29, 1.82) is 0 Å². The van der Waals surface area contributed by atoms with Crippen molar-refractivity contribution >= 4 is 32.3 Å². The second-order valence-electron chi connectivity index (χ2n) is 12.1. The third-order valence-corrected chi connectivity index (χ3v) is 9.10. The maximum atomic E-state index is 5.17. The summed E-state index contributed by atoms with van der Waals surface area (Å²) < 4.78 is 0. The Morgan fingerprint density at radius 2 is 0.792 bits per heavy atom. The predicted molar refractivity (Wildman–Crippen MR) is 200 cm³/mol. The van der Waals surface area contributed by atoms with Crippen LogP contribution in [0.3, 0.4) is 0 Å². The summed E-state index contributed by atoms with van der Waals surface area (Å²) >= 11 is 0. The lowest BCUT2D eigenvalue weighted by molar-refractivity contribution is 1.08. The van der Waals surface area contributed by atoms with Crippen LogP contribution in [0.5, 0.6) is 0 Å². The molecular weight excluding hydrogens is 583 g/mol. The molecule has 1 aromatic heterocycles. The van der Waals surface area contributed by atoms with E-state index < -0.39 is 0 Å². The van der Waals surface area contributed by atoms with Gasteiger partial charge < -0.3 is 0 Å². The molecule has 0 saturated heterocycles. The molecule has 9 rings (SSSR count). The van der Waals surface area contributed by atoms with Crippen molar-refractivity contribution in [3.05, 3.63) is 176 Å². The Bertz CT molecular complexity index is 2600. The van der Waals surface area contributed by atoms with E-state index in [0.29, 0.717) is 17.5 Å². The first kappa shape index (κ1) is 27.8. The van der Waals surface area contributed by atoms with Crippen LogP contribution < -0.4 is 0 Å². The molecule has 224 valence electrons. The van der Waals surface area contributed by atoms with Crippen molar-refractivity contribution in [3.63, 3.8) is 0 Å². The zero-order valence-electron chi connectivity index (χ0n) is 26.1. The number of hydrogen-bond donors (Lipinski definition) is 0. The normalized spacial score (nSPS) is 11.3. The fourth-order valence-corrected chi connectivity index (χ4v) is 6.76. The third-order valence-electron chi connectivity index (χ3n) is 9.10. The lowest BCUT2D eigenvalue weighted by atomic mass is 9.94. The summed E-state index contributed by atoms with van der Waals surface area (Å²) in [5, 5.41) is 7.07. The quantitative estimate of drug-likeness (QED) is 0.194. The highest BCUT2D eigenvalue weighted by atomic mass is 15.0. The van der Waals surface area contributed by atoms with E-state index in [1.54, 1.807) is 0 Å². The molecule has 0 aliphatic rings. The van der Waals surface area contributed by atoms with Gasteiger partial charge in [0.2, 0.25) is 0 Å². The Hall–Kier alpha value is -6.45. The van der Waals surface area contributed by atoms with Gasteiger partial charge in [-0.3, -0.25) is 0 Å². The summed E-state index contributed by atoms with van der Waals surface area (Å²) in [6, 6.07) is 61.7. The van der Waals surface area contributed by atoms with Gasteiger partial charge >= 0.3 is 0 Å². The molecule has 1 heterocycles. The van der Waals surface area contributed by atoms with Gasteiger partial charge in [-0.1, -0.05) is 164 Å². The molecule has 0 saturated carbocycles. The van der Waals surface area contributed by atoms with E-state index in [4.69, 9.17) is 15.0 Å². The second-order valence-corrected chi connectivity index (χ2v) is 12.1. The Kier molecular flexibility index (Phi) is 6.80. The number of nitrogens with zero attached hydrogens (tertiary/aromatic N) is 3. The average molecular weight is 612 g/mol. The third kappa shape index (κ3) is 4.99.